The van der Waals surface area contributed by atoms with Crippen LogP contribution >= 0.6 is 0 Å². The van der Waals surface area contributed by atoms with Crippen LogP contribution in [0.5, 0.6) is 0 Å². The molecule has 0 radical (unpaired) electrons. The topological polar surface area (TPSA) is 58.6 Å². The van der Waals surface area contributed by atoms with Crippen LogP contribution in [-0.4, -0.2) is 42.8 Å². The number of hydrogen-bond donors (Lipinski definition) is 1. The number of alkyl halides is 3. The number of likely N-dealkylation sites (tertiary alicyclic amines) is 1. The van der Waals surface area contributed by atoms with Crippen LogP contribution < -0.4 is 5.32 Å². The first kappa shape index (κ1) is 22.0. The number of piperidine rings is 1. The van der Waals surface area contributed by atoms with Gasteiger partial charge < -0.3 is 15.0 Å². The zero-order valence-electron chi connectivity index (χ0n) is 15.8. The van der Waals surface area contributed by atoms with Crippen molar-refractivity contribution in [2.24, 2.45) is 11.8 Å². The van der Waals surface area contributed by atoms with E-state index in [0.717, 1.165) is 5.56 Å². The summed E-state index contributed by atoms with van der Waals surface area (Å²) in [5.74, 6) is -0.825. The van der Waals surface area contributed by atoms with E-state index in [4.69, 9.17) is 0 Å². The second-order valence-corrected chi connectivity index (χ2v) is 7.21. The summed E-state index contributed by atoms with van der Waals surface area (Å²) in [6.45, 7) is 2.55. The van der Waals surface area contributed by atoms with Crippen molar-refractivity contribution in [1.82, 2.24) is 10.2 Å². The van der Waals surface area contributed by atoms with Gasteiger partial charge in [-0.15, -0.1) is 0 Å². The zero-order chi connectivity index (χ0) is 20.9. The molecule has 0 saturated carbocycles. The highest BCUT2D eigenvalue weighted by Crippen LogP contribution is 2.25. The monoisotopic (exact) mass is 404 g/mol. The number of carbonyl (C=O) groups excluding carboxylic acids is 2. The number of halogens is 4. The van der Waals surface area contributed by atoms with Crippen molar-refractivity contribution in [2.45, 2.75) is 38.9 Å². The van der Waals surface area contributed by atoms with E-state index in [2.05, 4.69) is 10.1 Å². The second-order valence-electron chi connectivity index (χ2n) is 7.21. The van der Waals surface area contributed by atoms with Gasteiger partial charge in [-0.2, -0.15) is 13.2 Å². The van der Waals surface area contributed by atoms with E-state index in [1.165, 1.54) is 17.0 Å². The van der Waals surface area contributed by atoms with Gasteiger partial charge in [0.25, 0.3) is 0 Å². The zero-order valence-corrected chi connectivity index (χ0v) is 15.8. The van der Waals surface area contributed by atoms with Gasteiger partial charge in [0.2, 0.25) is 5.91 Å². The number of benzene rings is 1. The summed E-state index contributed by atoms with van der Waals surface area (Å²) in [7, 11) is 0. The predicted octanol–water partition coefficient (Wildman–Crippen LogP) is 4.05. The summed E-state index contributed by atoms with van der Waals surface area (Å²) < 4.78 is 53.8. The van der Waals surface area contributed by atoms with Gasteiger partial charge in [0, 0.05) is 19.0 Å². The molecule has 1 aromatic carbocycles. The first-order valence-electron chi connectivity index (χ1n) is 9.11. The number of nitrogens with one attached hydrogen (secondary N) is 1. The Bertz CT molecular complexity index is 669. The molecule has 1 aromatic rings. The Balaban J connectivity index is 1.88. The fourth-order valence-corrected chi connectivity index (χ4v) is 3.14. The van der Waals surface area contributed by atoms with Crippen LogP contribution in [0.3, 0.4) is 0 Å². The van der Waals surface area contributed by atoms with E-state index in [0.29, 0.717) is 12.8 Å². The fraction of sp³-hybridized carbons (Fsp3) is 0.579. The van der Waals surface area contributed by atoms with Crippen molar-refractivity contribution < 1.29 is 31.9 Å². The summed E-state index contributed by atoms with van der Waals surface area (Å²) in [6, 6.07) is 5.63. The molecule has 1 N–H and O–H groups in total. The van der Waals surface area contributed by atoms with E-state index in [1.54, 1.807) is 12.1 Å². The van der Waals surface area contributed by atoms with Crippen LogP contribution in [0.25, 0.3) is 0 Å². The number of ether oxygens (including phenoxy) is 1. The van der Waals surface area contributed by atoms with Crippen molar-refractivity contribution >= 4 is 12.0 Å². The van der Waals surface area contributed by atoms with Crippen LogP contribution in [-0.2, 0) is 9.53 Å². The maximum Gasteiger partial charge on any atom is 0.422 e. The molecule has 0 aromatic heterocycles. The number of carbonyl (C=O) groups is 2. The fourth-order valence-electron chi connectivity index (χ4n) is 3.14. The normalized spacial score (nSPS) is 16.8. The minimum Gasteiger partial charge on any atom is -0.440 e. The van der Waals surface area contributed by atoms with Gasteiger partial charge in [-0.25, -0.2) is 9.18 Å². The standard InChI is InChI=1S/C19H24F4N2O3/c1-12(2)16(13-3-5-15(20)6-4-13)24-17(26)14-7-9-25(10-8-14)18(27)28-11-19(21,22)23/h3-6,12,14,16H,7-11H2,1-2H3,(H,24,26). The third kappa shape index (κ3) is 6.38. The molecular weight excluding hydrogens is 380 g/mol. The summed E-state index contributed by atoms with van der Waals surface area (Å²) in [5.41, 5.74) is 0.790. The van der Waals surface area contributed by atoms with Crippen LogP contribution in [0.4, 0.5) is 22.4 Å². The van der Waals surface area contributed by atoms with E-state index in [1.807, 2.05) is 13.8 Å². The molecule has 28 heavy (non-hydrogen) atoms. The molecule has 0 bridgehead atoms. The quantitative estimate of drug-likeness (QED) is 0.754. The molecule has 2 rings (SSSR count). The van der Waals surface area contributed by atoms with Crippen molar-refractivity contribution in [2.75, 3.05) is 19.7 Å². The third-order valence-electron chi connectivity index (χ3n) is 4.68. The first-order valence-corrected chi connectivity index (χ1v) is 9.11. The van der Waals surface area contributed by atoms with Crippen molar-refractivity contribution in [3.8, 4) is 0 Å². The third-order valence-corrected chi connectivity index (χ3v) is 4.68. The van der Waals surface area contributed by atoms with Crippen LogP contribution in [0.1, 0.15) is 38.3 Å². The van der Waals surface area contributed by atoms with E-state index >= 15 is 0 Å². The highest BCUT2D eigenvalue weighted by Gasteiger charge is 2.33. The molecule has 1 unspecified atom stereocenters. The summed E-state index contributed by atoms with van der Waals surface area (Å²) in [4.78, 5) is 25.5. The van der Waals surface area contributed by atoms with Crippen molar-refractivity contribution in [3.63, 3.8) is 0 Å². The Morgan fingerprint density at radius 3 is 2.25 bits per heavy atom. The molecule has 0 aliphatic carbocycles. The van der Waals surface area contributed by atoms with Crippen molar-refractivity contribution in [3.05, 3.63) is 35.6 Å². The molecule has 1 fully saturated rings. The Kier molecular flexibility index (Phi) is 7.26. The smallest absolute Gasteiger partial charge is 0.422 e. The Hall–Kier alpha value is -2.32. The van der Waals surface area contributed by atoms with Gasteiger partial charge >= 0.3 is 12.3 Å². The molecule has 1 aliphatic heterocycles. The molecule has 1 atom stereocenters. The van der Waals surface area contributed by atoms with Gasteiger partial charge in [0.15, 0.2) is 6.61 Å². The summed E-state index contributed by atoms with van der Waals surface area (Å²) >= 11 is 0. The molecule has 1 heterocycles. The maximum atomic E-state index is 13.1. The average molecular weight is 404 g/mol. The molecule has 0 spiro atoms. The molecule has 1 saturated heterocycles. The Labute approximate surface area is 161 Å². The van der Waals surface area contributed by atoms with E-state index < -0.39 is 18.9 Å². The van der Waals surface area contributed by atoms with Gasteiger partial charge in [-0.1, -0.05) is 26.0 Å². The van der Waals surface area contributed by atoms with Gasteiger partial charge in [0.05, 0.1) is 6.04 Å². The minimum absolute atomic E-state index is 0.0758. The SMILES string of the molecule is CC(C)C(NC(=O)C1CCN(C(=O)OCC(F)(F)F)CC1)c1ccc(F)cc1. The molecule has 5 nitrogen and oxygen atoms in total. The second kappa shape index (κ2) is 9.25. The first-order chi connectivity index (χ1) is 13.1. The lowest BCUT2D eigenvalue weighted by Crippen LogP contribution is -2.45. The minimum atomic E-state index is -4.57. The summed E-state index contributed by atoms with van der Waals surface area (Å²) in [5, 5.41) is 2.97. The van der Waals surface area contributed by atoms with Crippen LogP contribution in [0.2, 0.25) is 0 Å². The Morgan fingerprint density at radius 2 is 1.75 bits per heavy atom. The van der Waals surface area contributed by atoms with Gasteiger partial charge in [-0.3, -0.25) is 4.79 Å². The Morgan fingerprint density at radius 1 is 1.18 bits per heavy atom. The lowest BCUT2D eigenvalue weighted by Gasteiger charge is -2.32. The number of rotatable bonds is 5. The molecule has 9 heteroatoms. The molecular formula is C19H24F4N2O3. The largest absolute Gasteiger partial charge is 0.440 e. The number of nitrogens with zero attached hydrogens (tertiary/aromatic N) is 1. The lowest BCUT2D eigenvalue weighted by molar-refractivity contribution is -0.162. The van der Waals surface area contributed by atoms with Crippen molar-refractivity contribution in [1.29, 1.82) is 0 Å². The van der Waals surface area contributed by atoms with E-state index in [9.17, 15) is 27.2 Å². The summed E-state index contributed by atoms with van der Waals surface area (Å²) in [6.07, 6.45) is -4.93. The lowest BCUT2D eigenvalue weighted by atomic mass is 9.92. The molecule has 1 aliphatic rings. The van der Waals surface area contributed by atoms with E-state index in [-0.39, 0.29) is 42.7 Å². The van der Waals surface area contributed by atoms with Crippen LogP contribution in [0, 0.1) is 17.7 Å². The van der Waals surface area contributed by atoms with Crippen LogP contribution in [0.15, 0.2) is 24.3 Å². The highest BCUT2D eigenvalue weighted by molar-refractivity contribution is 5.79. The van der Waals surface area contributed by atoms with Gasteiger partial charge in [0.1, 0.15) is 5.82 Å². The highest BCUT2D eigenvalue weighted by atomic mass is 19.4. The average Bonchev–Trinajstić information content (AvgIpc) is 2.64. The maximum absolute atomic E-state index is 13.1. The molecule has 156 valence electrons. The number of amides is 2. The number of hydrogen-bond acceptors (Lipinski definition) is 3. The predicted molar refractivity (Wildman–Crippen MR) is 93.8 cm³/mol. The molecule has 2 amide bonds. The van der Waals surface area contributed by atoms with Gasteiger partial charge in [-0.05, 0) is 36.5 Å².